The summed E-state index contributed by atoms with van der Waals surface area (Å²) in [5.74, 6) is 0. The first-order valence-electron chi connectivity index (χ1n) is 7.57. The summed E-state index contributed by atoms with van der Waals surface area (Å²) in [5.41, 5.74) is 5.09. The predicted octanol–water partition coefficient (Wildman–Crippen LogP) is 5.84. The fourth-order valence-corrected chi connectivity index (χ4v) is 2.35. The predicted molar refractivity (Wildman–Crippen MR) is 96.8 cm³/mol. The molecule has 0 spiro atoms. The summed E-state index contributed by atoms with van der Waals surface area (Å²) in [5, 5.41) is 8.81. The second kappa shape index (κ2) is 6.88. The molecule has 3 aromatic rings. The zero-order valence-electron chi connectivity index (χ0n) is 13.3. The van der Waals surface area contributed by atoms with Gasteiger partial charge in [0, 0.05) is 25.3 Å². The highest BCUT2D eigenvalue weighted by Gasteiger charge is 2.03. The molecule has 0 aliphatic heterocycles. The van der Waals surface area contributed by atoms with Crippen LogP contribution in [0.5, 0.6) is 0 Å². The molecule has 0 bridgehead atoms. The van der Waals surface area contributed by atoms with Crippen molar-refractivity contribution >= 4 is 17.1 Å². The number of rotatable bonds is 4. The summed E-state index contributed by atoms with van der Waals surface area (Å²) in [6.45, 7) is 0. The standard InChI is InChI=1S/C20H19N3/c1-23(2)18-14-12-17(13-15-18)21-22-20-11-7-6-10-19(20)16-8-4-3-5-9-16/h3-15H,1-2H3. The third-order valence-corrected chi connectivity index (χ3v) is 3.63. The normalized spacial score (nSPS) is 10.9. The number of azo groups is 1. The lowest BCUT2D eigenvalue weighted by Gasteiger charge is -2.11. The topological polar surface area (TPSA) is 28.0 Å². The Kier molecular flexibility index (Phi) is 4.48. The van der Waals surface area contributed by atoms with Gasteiger partial charge in [0.25, 0.3) is 0 Å². The van der Waals surface area contributed by atoms with Crippen LogP contribution >= 0.6 is 0 Å². The molecule has 0 heterocycles. The second-order valence-electron chi connectivity index (χ2n) is 5.49. The van der Waals surface area contributed by atoms with E-state index in [1.807, 2.05) is 74.8 Å². The van der Waals surface area contributed by atoms with Crippen LogP contribution in [0.15, 0.2) is 89.1 Å². The van der Waals surface area contributed by atoms with Crippen molar-refractivity contribution < 1.29 is 0 Å². The van der Waals surface area contributed by atoms with E-state index in [1.54, 1.807) is 0 Å². The molecule has 0 atom stereocenters. The quantitative estimate of drug-likeness (QED) is 0.557. The highest BCUT2D eigenvalue weighted by Crippen LogP contribution is 2.31. The minimum Gasteiger partial charge on any atom is -0.378 e. The Bertz CT molecular complexity index is 791. The Balaban J connectivity index is 1.88. The molecule has 114 valence electrons. The summed E-state index contributed by atoms with van der Waals surface area (Å²) in [6, 6.07) is 26.3. The Labute approximate surface area is 136 Å². The third-order valence-electron chi connectivity index (χ3n) is 3.63. The Morgan fingerprint density at radius 3 is 2.00 bits per heavy atom. The number of hydrogen-bond acceptors (Lipinski definition) is 3. The molecule has 0 N–H and O–H groups in total. The van der Waals surface area contributed by atoms with Crippen LogP contribution in [0.2, 0.25) is 0 Å². The van der Waals surface area contributed by atoms with Gasteiger partial charge in [0.05, 0.1) is 11.4 Å². The molecule has 0 fully saturated rings. The summed E-state index contributed by atoms with van der Waals surface area (Å²) in [6.07, 6.45) is 0. The SMILES string of the molecule is CN(C)c1ccc(N=Nc2ccccc2-c2ccccc2)cc1. The van der Waals surface area contributed by atoms with E-state index >= 15 is 0 Å². The van der Waals surface area contributed by atoms with E-state index in [0.29, 0.717) is 0 Å². The smallest absolute Gasteiger partial charge is 0.0935 e. The van der Waals surface area contributed by atoms with Crippen LogP contribution < -0.4 is 4.90 Å². The lowest BCUT2D eigenvalue weighted by molar-refractivity contribution is 1.13. The van der Waals surface area contributed by atoms with E-state index in [4.69, 9.17) is 0 Å². The van der Waals surface area contributed by atoms with Crippen molar-refractivity contribution in [3.63, 3.8) is 0 Å². The number of hydrogen-bond donors (Lipinski definition) is 0. The van der Waals surface area contributed by atoms with Gasteiger partial charge in [-0.2, -0.15) is 5.11 Å². The molecule has 3 heteroatoms. The third kappa shape index (κ3) is 3.64. The van der Waals surface area contributed by atoms with Crippen molar-refractivity contribution in [2.75, 3.05) is 19.0 Å². The second-order valence-corrected chi connectivity index (χ2v) is 5.49. The summed E-state index contributed by atoms with van der Waals surface area (Å²) in [7, 11) is 4.04. The fraction of sp³-hybridized carbons (Fsp3) is 0.100. The maximum Gasteiger partial charge on any atom is 0.0935 e. The molecule has 0 aromatic heterocycles. The molecule has 3 aromatic carbocycles. The van der Waals surface area contributed by atoms with Crippen molar-refractivity contribution in [1.29, 1.82) is 0 Å². The molecule has 0 aliphatic rings. The van der Waals surface area contributed by atoms with Crippen LogP contribution in [0.25, 0.3) is 11.1 Å². The molecule has 0 aliphatic carbocycles. The van der Waals surface area contributed by atoms with E-state index in [0.717, 1.165) is 28.2 Å². The molecule has 0 saturated heterocycles. The molecule has 0 unspecified atom stereocenters. The van der Waals surface area contributed by atoms with Gasteiger partial charge in [0.1, 0.15) is 0 Å². The average Bonchev–Trinajstić information content (AvgIpc) is 2.61. The molecule has 0 amide bonds. The van der Waals surface area contributed by atoms with Gasteiger partial charge < -0.3 is 4.90 Å². The van der Waals surface area contributed by atoms with Crippen molar-refractivity contribution in [1.82, 2.24) is 0 Å². The minimum absolute atomic E-state index is 0.846. The minimum atomic E-state index is 0.846. The van der Waals surface area contributed by atoms with E-state index in [1.165, 1.54) is 0 Å². The maximum absolute atomic E-state index is 4.44. The van der Waals surface area contributed by atoms with Gasteiger partial charge in [0.15, 0.2) is 0 Å². The van der Waals surface area contributed by atoms with Crippen LogP contribution in [-0.2, 0) is 0 Å². The summed E-state index contributed by atoms with van der Waals surface area (Å²) < 4.78 is 0. The lowest BCUT2D eigenvalue weighted by Crippen LogP contribution is -2.07. The van der Waals surface area contributed by atoms with E-state index in [-0.39, 0.29) is 0 Å². The van der Waals surface area contributed by atoms with Crippen LogP contribution in [0.1, 0.15) is 0 Å². The van der Waals surface area contributed by atoms with Gasteiger partial charge in [-0.1, -0.05) is 48.5 Å². The summed E-state index contributed by atoms with van der Waals surface area (Å²) >= 11 is 0. The van der Waals surface area contributed by atoms with Crippen molar-refractivity contribution in [2.45, 2.75) is 0 Å². The number of benzene rings is 3. The number of nitrogens with zero attached hydrogens (tertiary/aromatic N) is 3. The van der Waals surface area contributed by atoms with Crippen LogP contribution in [0.3, 0.4) is 0 Å². The molecule has 23 heavy (non-hydrogen) atoms. The first-order valence-corrected chi connectivity index (χ1v) is 7.57. The van der Waals surface area contributed by atoms with E-state index in [2.05, 4.69) is 33.3 Å². The van der Waals surface area contributed by atoms with Gasteiger partial charge in [-0.15, -0.1) is 5.11 Å². The molecular weight excluding hydrogens is 282 g/mol. The monoisotopic (exact) mass is 301 g/mol. The Morgan fingerprint density at radius 2 is 1.30 bits per heavy atom. The maximum atomic E-state index is 4.44. The first kappa shape index (κ1) is 15.0. The van der Waals surface area contributed by atoms with Crippen LogP contribution in [0.4, 0.5) is 17.1 Å². The van der Waals surface area contributed by atoms with Gasteiger partial charge >= 0.3 is 0 Å². The van der Waals surface area contributed by atoms with Crippen molar-refractivity contribution in [2.24, 2.45) is 10.2 Å². The molecular formula is C20H19N3. The average molecular weight is 301 g/mol. The van der Waals surface area contributed by atoms with Crippen molar-refractivity contribution in [3.8, 4) is 11.1 Å². The van der Waals surface area contributed by atoms with Gasteiger partial charge in [-0.25, -0.2) is 0 Å². The van der Waals surface area contributed by atoms with E-state index < -0.39 is 0 Å². The highest BCUT2D eigenvalue weighted by molar-refractivity contribution is 5.75. The van der Waals surface area contributed by atoms with Gasteiger partial charge in [0.2, 0.25) is 0 Å². The zero-order chi connectivity index (χ0) is 16.1. The van der Waals surface area contributed by atoms with Crippen LogP contribution in [-0.4, -0.2) is 14.1 Å². The molecule has 3 rings (SSSR count). The molecule has 0 radical (unpaired) electrons. The lowest BCUT2D eigenvalue weighted by atomic mass is 10.0. The first-order chi connectivity index (χ1) is 11.2. The van der Waals surface area contributed by atoms with Gasteiger partial charge in [-0.3, -0.25) is 0 Å². The molecule has 0 saturated carbocycles. The van der Waals surface area contributed by atoms with E-state index in [9.17, 15) is 0 Å². The summed E-state index contributed by atoms with van der Waals surface area (Å²) in [4.78, 5) is 2.06. The Hall–Kier alpha value is -2.94. The van der Waals surface area contributed by atoms with Crippen LogP contribution in [0, 0.1) is 0 Å². The zero-order valence-corrected chi connectivity index (χ0v) is 13.3. The Morgan fingerprint density at radius 1 is 0.652 bits per heavy atom. The van der Waals surface area contributed by atoms with Crippen molar-refractivity contribution in [3.05, 3.63) is 78.9 Å². The largest absolute Gasteiger partial charge is 0.378 e. The molecule has 3 nitrogen and oxygen atoms in total. The van der Waals surface area contributed by atoms with Gasteiger partial charge in [-0.05, 0) is 35.9 Å². The number of anilines is 1. The fourth-order valence-electron chi connectivity index (χ4n) is 2.35. The highest BCUT2D eigenvalue weighted by atomic mass is 15.1.